The molecule has 2 aromatic heterocycles. The average molecular weight is 359 g/mol. The van der Waals surface area contributed by atoms with E-state index in [2.05, 4.69) is 20.6 Å². The van der Waals surface area contributed by atoms with E-state index in [0.717, 1.165) is 11.1 Å². The van der Waals surface area contributed by atoms with Crippen molar-refractivity contribution in [3.8, 4) is 0 Å². The van der Waals surface area contributed by atoms with Crippen LogP contribution in [0.3, 0.4) is 0 Å². The number of nitrogens with zero attached hydrogens (tertiary/aromatic N) is 3. The summed E-state index contributed by atoms with van der Waals surface area (Å²) in [5.74, 6) is -0.337. The Balaban J connectivity index is 1.56. The maximum Gasteiger partial charge on any atom is 0.272 e. The molecule has 1 amide bonds. The highest BCUT2D eigenvalue weighted by molar-refractivity contribution is 6.04. The molecule has 0 spiro atoms. The second-order valence-electron chi connectivity index (χ2n) is 6.10. The number of aromatic amines is 1. The molecule has 4 rings (SSSR count). The van der Waals surface area contributed by atoms with Crippen LogP contribution < -0.4 is 10.9 Å². The lowest BCUT2D eigenvalue weighted by Gasteiger charge is -2.11. The van der Waals surface area contributed by atoms with Crippen LogP contribution in [0.25, 0.3) is 10.8 Å². The third kappa shape index (κ3) is 3.48. The number of nitrogens with one attached hydrogen (secondary N) is 2. The molecule has 27 heavy (non-hydrogen) atoms. The SMILES string of the molecule is O=C(NCc1ccccc1Cn1cccn1)c1n[nH]c(=O)c2ccccc12. The van der Waals surface area contributed by atoms with E-state index in [4.69, 9.17) is 0 Å². The lowest BCUT2D eigenvalue weighted by molar-refractivity contribution is 0.0946. The third-order valence-corrected chi connectivity index (χ3v) is 4.36. The zero-order valence-electron chi connectivity index (χ0n) is 14.4. The molecule has 0 aliphatic rings. The van der Waals surface area contributed by atoms with Crippen molar-refractivity contribution < 1.29 is 4.79 Å². The Morgan fingerprint density at radius 3 is 2.52 bits per heavy atom. The van der Waals surface area contributed by atoms with Gasteiger partial charge < -0.3 is 5.32 Å². The molecule has 7 heteroatoms. The summed E-state index contributed by atoms with van der Waals surface area (Å²) >= 11 is 0. The van der Waals surface area contributed by atoms with Crippen LogP contribution >= 0.6 is 0 Å². The first-order valence-electron chi connectivity index (χ1n) is 8.52. The Morgan fingerprint density at radius 2 is 1.74 bits per heavy atom. The summed E-state index contributed by atoms with van der Waals surface area (Å²) in [4.78, 5) is 24.5. The van der Waals surface area contributed by atoms with Gasteiger partial charge in [-0.25, -0.2) is 5.10 Å². The van der Waals surface area contributed by atoms with E-state index < -0.39 is 0 Å². The summed E-state index contributed by atoms with van der Waals surface area (Å²) in [6.45, 7) is 0.976. The van der Waals surface area contributed by atoms with E-state index in [1.165, 1.54) is 0 Å². The van der Waals surface area contributed by atoms with Crippen molar-refractivity contribution in [2.45, 2.75) is 13.1 Å². The smallest absolute Gasteiger partial charge is 0.272 e. The fraction of sp³-hybridized carbons (Fsp3) is 0.100. The van der Waals surface area contributed by atoms with Gasteiger partial charge in [-0.3, -0.25) is 14.3 Å². The van der Waals surface area contributed by atoms with E-state index in [0.29, 0.717) is 23.9 Å². The maximum atomic E-state index is 12.7. The van der Waals surface area contributed by atoms with E-state index in [9.17, 15) is 9.59 Å². The van der Waals surface area contributed by atoms with Gasteiger partial charge >= 0.3 is 0 Å². The van der Waals surface area contributed by atoms with Gasteiger partial charge in [-0.1, -0.05) is 42.5 Å². The zero-order valence-corrected chi connectivity index (χ0v) is 14.4. The first-order chi connectivity index (χ1) is 13.2. The van der Waals surface area contributed by atoms with Gasteiger partial charge in [0.15, 0.2) is 5.69 Å². The van der Waals surface area contributed by atoms with Crippen molar-refractivity contribution >= 4 is 16.7 Å². The summed E-state index contributed by atoms with van der Waals surface area (Å²) in [5.41, 5.74) is 1.96. The summed E-state index contributed by atoms with van der Waals surface area (Å²) in [7, 11) is 0. The molecule has 0 atom stereocenters. The van der Waals surface area contributed by atoms with Crippen LogP contribution in [0.1, 0.15) is 21.6 Å². The van der Waals surface area contributed by atoms with Crippen molar-refractivity contribution in [2.24, 2.45) is 0 Å². The number of rotatable bonds is 5. The standard InChI is InChI=1S/C20H17N5O2/c26-19-17-9-4-3-8-16(17)18(23-24-19)20(27)21-12-14-6-1-2-7-15(14)13-25-11-5-10-22-25/h1-11H,12-13H2,(H,21,27)(H,24,26). The first-order valence-corrected chi connectivity index (χ1v) is 8.52. The maximum absolute atomic E-state index is 12.7. The van der Waals surface area contributed by atoms with Crippen LogP contribution in [0.2, 0.25) is 0 Å². The van der Waals surface area contributed by atoms with Gasteiger partial charge in [0.1, 0.15) is 0 Å². The van der Waals surface area contributed by atoms with Crippen LogP contribution in [0, 0.1) is 0 Å². The van der Waals surface area contributed by atoms with Crippen molar-refractivity contribution in [3.05, 3.63) is 94.2 Å². The molecule has 0 fully saturated rings. The van der Waals surface area contributed by atoms with Gasteiger partial charge in [-0.2, -0.15) is 10.2 Å². The number of fused-ring (bicyclic) bond motifs is 1. The average Bonchev–Trinajstić information content (AvgIpc) is 3.21. The van der Waals surface area contributed by atoms with Crippen molar-refractivity contribution in [1.82, 2.24) is 25.3 Å². The highest BCUT2D eigenvalue weighted by Gasteiger charge is 2.14. The van der Waals surface area contributed by atoms with Crippen LogP contribution in [0.5, 0.6) is 0 Å². The lowest BCUT2D eigenvalue weighted by Crippen LogP contribution is -2.26. The number of H-pyrrole nitrogens is 1. The van der Waals surface area contributed by atoms with Gasteiger partial charge in [0.05, 0.1) is 11.9 Å². The summed E-state index contributed by atoms with van der Waals surface area (Å²) in [6, 6.07) is 16.7. The van der Waals surface area contributed by atoms with Gasteiger partial charge in [0.2, 0.25) is 0 Å². The molecule has 0 saturated heterocycles. The molecule has 2 aromatic carbocycles. The molecule has 134 valence electrons. The van der Waals surface area contributed by atoms with Crippen LogP contribution in [0.4, 0.5) is 0 Å². The van der Waals surface area contributed by atoms with E-state index >= 15 is 0 Å². The minimum atomic E-state index is -0.337. The Hall–Kier alpha value is -3.74. The van der Waals surface area contributed by atoms with Crippen LogP contribution in [-0.2, 0) is 13.1 Å². The van der Waals surface area contributed by atoms with Gasteiger partial charge in [0.25, 0.3) is 11.5 Å². The topological polar surface area (TPSA) is 92.7 Å². The number of amides is 1. The van der Waals surface area contributed by atoms with Gasteiger partial charge in [0, 0.05) is 24.3 Å². The largest absolute Gasteiger partial charge is 0.347 e. The third-order valence-electron chi connectivity index (χ3n) is 4.36. The summed E-state index contributed by atoms with van der Waals surface area (Å²) in [5, 5.41) is 14.4. The second-order valence-corrected chi connectivity index (χ2v) is 6.10. The Bertz CT molecular complexity index is 1150. The van der Waals surface area contributed by atoms with E-state index in [-0.39, 0.29) is 17.2 Å². The Morgan fingerprint density at radius 1 is 1.00 bits per heavy atom. The van der Waals surface area contributed by atoms with E-state index in [1.54, 1.807) is 30.5 Å². The molecule has 7 nitrogen and oxygen atoms in total. The fourth-order valence-corrected chi connectivity index (χ4v) is 3.00. The normalized spacial score (nSPS) is 10.8. The zero-order chi connectivity index (χ0) is 18.6. The fourth-order valence-electron chi connectivity index (χ4n) is 3.00. The van der Waals surface area contributed by atoms with Crippen molar-refractivity contribution in [2.75, 3.05) is 0 Å². The quantitative estimate of drug-likeness (QED) is 0.571. The minimum absolute atomic E-state index is 0.203. The summed E-state index contributed by atoms with van der Waals surface area (Å²) in [6.07, 6.45) is 3.63. The highest BCUT2D eigenvalue weighted by atomic mass is 16.2. The second kappa shape index (κ2) is 7.25. The predicted molar refractivity (Wildman–Crippen MR) is 101 cm³/mol. The van der Waals surface area contributed by atoms with Crippen molar-refractivity contribution in [3.63, 3.8) is 0 Å². The Labute approximate surface area is 154 Å². The van der Waals surface area contributed by atoms with Gasteiger partial charge in [-0.05, 0) is 23.3 Å². The number of aromatic nitrogens is 4. The molecule has 2 heterocycles. The lowest BCUT2D eigenvalue weighted by atomic mass is 10.1. The molecular weight excluding hydrogens is 342 g/mol. The van der Waals surface area contributed by atoms with Crippen LogP contribution in [-0.4, -0.2) is 25.9 Å². The highest BCUT2D eigenvalue weighted by Crippen LogP contribution is 2.14. The number of carbonyl (C=O) groups excluding carboxylic acids is 1. The van der Waals surface area contributed by atoms with Gasteiger partial charge in [-0.15, -0.1) is 0 Å². The molecule has 0 unspecified atom stereocenters. The molecule has 0 aliphatic heterocycles. The van der Waals surface area contributed by atoms with Crippen molar-refractivity contribution in [1.29, 1.82) is 0 Å². The van der Waals surface area contributed by atoms with Crippen LogP contribution in [0.15, 0.2) is 71.8 Å². The predicted octanol–water partition coefficient (Wildman–Crippen LogP) is 2.10. The molecule has 4 aromatic rings. The number of benzene rings is 2. The monoisotopic (exact) mass is 359 g/mol. The Kier molecular flexibility index (Phi) is 4.49. The number of carbonyl (C=O) groups is 1. The molecule has 0 saturated carbocycles. The number of hydrogen-bond acceptors (Lipinski definition) is 4. The minimum Gasteiger partial charge on any atom is -0.347 e. The molecule has 0 bridgehead atoms. The number of hydrogen-bond donors (Lipinski definition) is 2. The van der Waals surface area contributed by atoms with E-state index in [1.807, 2.05) is 41.2 Å². The molecule has 0 radical (unpaired) electrons. The first kappa shape index (κ1) is 16.7. The summed E-state index contributed by atoms with van der Waals surface area (Å²) < 4.78 is 1.83. The molecule has 0 aliphatic carbocycles. The molecule has 2 N–H and O–H groups in total. The molecular formula is C20H17N5O2.